The lowest BCUT2D eigenvalue weighted by Gasteiger charge is -2.21. The first-order valence-electron chi connectivity index (χ1n) is 19.8. The quantitative estimate of drug-likeness (QED) is 0.154. The Morgan fingerprint density at radius 3 is 0.983 bits per heavy atom. The van der Waals surface area contributed by atoms with Crippen molar-refractivity contribution in [2.24, 2.45) is 0 Å². The maximum absolute atomic E-state index is 3.90. The van der Waals surface area contributed by atoms with Gasteiger partial charge in [0.1, 0.15) is 0 Å². The van der Waals surface area contributed by atoms with Gasteiger partial charge in [0, 0.05) is 33.9 Å². The molecule has 58 heavy (non-hydrogen) atoms. The molecule has 0 amide bonds. The zero-order chi connectivity index (χ0) is 38.7. The Morgan fingerprint density at radius 1 is 0.224 bits per heavy atom. The highest BCUT2D eigenvalue weighted by atomic mass is 14.9. The summed E-state index contributed by atoms with van der Waals surface area (Å²) in [6.45, 7) is 0. The predicted octanol–water partition coefficient (Wildman–Crippen LogP) is 15.8. The number of benzene rings is 10. The maximum atomic E-state index is 3.90. The summed E-state index contributed by atoms with van der Waals surface area (Å²) < 4.78 is 0. The van der Waals surface area contributed by atoms with Gasteiger partial charge >= 0.3 is 0 Å². The lowest BCUT2D eigenvalue weighted by Crippen LogP contribution is -1.99. The topological polar surface area (TPSA) is 24.1 Å². The van der Waals surface area contributed by atoms with Gasteiger partial charge in [-0.05, 0) is 115 Å². The van der Waals surface area contributed by atoms with E-state index in [-0.39, 0.29) is 0 Å². The van der Waals surface area contributed by atoms with E-state index >= 15 is 0 Å². The van der Waals surface area contributed by atoms with E-state index < -0.39 is 0 Å². The van der Waals surface area contributed by atoms with Gasteiger partial charge in [0.15, 0.2) is 0 Å². The third-order valence-electron chi connectivity index (χ3n) is 11.0. The summed E-state index contributed by atoms with van der Waals surface area (Å²) in [6, 6.07) is 82.5. The molecule has 2 N–H and O–H groups in total. The maximum Gasteiger partial charge on any atom is 0.0471 e. The highest BCUT2D eigenvalue weighted by Crippen LogP contribution is 2.45. The summed E-state index contributed by atoms with van der Waals surface area (Å²) in [5.74, 6) is 0. The van der Waals surface area contributed by atoms with Crippen LogP contribution in [0.3, 0.4) is 0 Å². The zero-order valence-electron chi connectivity index (χ0n) is 31.9. The van der Waals surface area contributed by atoms with Crippen LogP contribution in [0, 0.1) is 0 Å². The number of hydrogen-bond acceptors (Lipinski definition) is 2. The van der Waals surface area contributed by atoms with Crippen molar-refractivity contribution in [1.29, 1.82) is 0 Å². The van der Waals surface area contributed by atoms with Gasteiger partial charge in [0.25, 0.3) is 0 Å². The van der Waals surface area contributed by atoms with E-state index in [9.17, 15) is 0 Å². The summed E-state index contributed by atoms with van der Waals surface area (Å²) in [5.41, 5.74) is 16.0. The molecule has 2 nitrogen and oxygen atoms in total. The van der Waals surface area contributed by atoms with E-state index in [2.05, 4.69) is 241 Å². The van der Waals surface area contributed by atoms with Gasteiger partial charge in [0.05, 0.1) is 0 Å². The van der Waals surface area contributed by atoms with Crippen LogP contribution in [0.25, 0.3) is 77.2 Å². The highest BCUT2D eigenvalue weighted by molar-refractivity contribution is 6.14. The number of hydrogen-bond donors (Lipinski definition) is 2. The van der Waals surface area contributed by atoms with Gasteiger partial charge in [-0.2, -0.15) is 0 Å². The largest absolute Gasteiger partial charge is 0.355 e. The Kier molecular flexibility index (Phi) is 9.27. The molecule has 0 saturated carbocycles. The molecule has 10 aromatic rings. The Labute approximate surface area is 339 Å². The first-order chi connectivity index (χ1) is 28.7. The van der Waals surface area contributed by atoms with Crippen molar-refractivity contribution in [2.45, 2.75) is 0 Å². The second-order valence-electron chi connectivity index (χ2n) is 14.7. The summed E-state index contributed by atoms with van der Waals surface area (Å²) in [7, 11) is 0. The van der Waals surface area contributed by atoms with E-state index in [4.69, 9.17) is 0 Å². The molecule has 0 radical (unpaired) electrons. The molecule has 0 fully saturated rings. The smallest absolute Gasteiger partial charge is 0.0471 e. The zero-order valence-corrected chi connectivity index (χ0v) is 31.9. The minimum absolute atomic E-state index is 1.03. The lowest BCUT2D eigenvalue weighted by molar-refractivity contribution is 1.52. The van der Waals surface area contributed by atoms with Crippen LogP contribution in [0.5, 0.6) is 0 Å². The molecule has 10 rings (SSSR count). The predicted molar refractivity (Wildman–Crippen MR) is 248 cm³/mol. The highest BCUT2D eigenvalue weighted by Gasteiger charge is 2.18. The van der Waals surface area contributed by atoms with Crippen molar-refractivity contribution in [1.82, 2.24) is 0 Å². The van der Waals surface area contributed by atoms with Crippen LogP contribution >= 0.6 is 0 Å². The molecule has 0 spiro atoms. The van der Waals surface area contributed by atoms with Crippen molar-refractivity contribution in [3.63, 3.8) is 0 Å². The molecule has 0 aliphatic rings. The molecular weight excluding hydrogens is 701 g/mol. The van der Waals surface area contributed by atoms with Crippen LogP contribution < -0.4 is 10.6 Å². The monoisotopic (exact) mass is 740 g/mol. The van der Waals surface area contributed by atoms with Gasteiger partial charge in [-0.15, -0.1) is 0 Å². The molecule has 0 atom stereocenters. The van der Waals surface area contributed by atoms with Crippen LogP contribution in [0.1, 0.15) is 0 Å². The van der Waals surface area contributed by atoms with Gasteiger partial charge in [-0.3, -0.25) is 0 Å². The van der Waals surface area contributed by atoms with Crippen LogP contribution in [0.2, 0.25) is 0 Å². The van der Waals surface area contributed by atoms with Crippen LogP contribution in [-0.2, 0) is 0 Å². The second kappa shape index (κ2) is 15.5. The fourth-order valence-corrected chi connectivity index (χ4v) is 8.17. The fourth-order valence-electron chi connectivity index (χ4n) is 8.17. The summed E-state index contributed by atoms with van der Waals surface area (Å²) in [6.07, 6.45) is 0. The van der Waals surface area contributed by atoms with Gasteiger partial charge in [-0.1, -0.05) is 182 Å². The molecule has 2 heteroatoms. The minimum atomic E-state index is 1.03. The molecule has 274 valence electrons. The van der Waals surface area contributed by atoms with E-state index in [1.54, 1.807) is 0 Å². The van der Waals surface area contributed by atoms with E-state index in [1.807, 2.05) is 0 Å². The van der Waals surface area contributed by atoms with Crippen molar-refractivity contribution in [3.05, 3.63) is 231 Å². The van der Waals surface area contributed by atoms with E-state index in [0.29, 0.717) is 0 Å². The molecule has 10 aromatic carbocycles. The molecule has 0 bridgehead atoms. The second-order valence-corrected chi connectivity index (χ2v) is 14.7. The Bertz CT molecular complexity index is 2850. The van der Waals surface area contributed by atoms with Crippen molar-refractivity contribution in [3.8, 4) is 55.6 Å². The van der Waals surface area contributed by atoms with E-state index in [0.717, 1.165) is 45.0 Å². The third kappa shape index (κ3) is 7.00. The van der Waals surface area contributed by atoms with Crippen LogP contribution in [0.4, 0.5) is 22.7 Å². The molecule has 0 aliphatic heterocycles. The Balaban J connectivity index is 1.06. The van der Waals surface area contributed by atoms with E-state index in [1.165, 1.54) is 54.9 Å². The average Bonchev–Trinajstić information content (AvgIpc) is 3.30. The Hall–Kier alpha value is -7.68. The van der Waals surface area contributed by atoms with Gasteiger partial charge in [0.2, 0.25) is 0 Å². The van der Waals surface area contributed by atoms with Crippen molar-refractivity contribution >= 4 is 44.3 Å². The molecule has 0 aromatic heterocycles. The van der Waals surface area contributed by atoms with Crippen molar-refractivity contribution in [2.75, 3.05) is 10.6 Å². The normalized spacial score (nSPS) is 11.1. The summed E-state index contributed by atoms with van der Waals surface area (Å²) in [5, 5.41) is 12.5. The first kappa shape index (κ1) is 34.8. The molecule has 0 heterocycles. The van der Waals surface area contributed by atoms with Crippen LogP contribution in [-0.4, -0.2) is 0 Å². The summed E-state index contributed by atoms with van der Waals surface area (Å²) in [4.78, 5) is 0. The number of anilines is 4. The number of rotatable bonds is 9. The molecule has 0 aliphatic carbocycles. The standard InChI is InChI=1S/C56H40N2/c1-3-15-39(16-4-1)43-21-11-23-45(35-43)47-25-13-27-49(37-47)57-53-33-31-41-19-7-9-29-51(41)55(53)56-52-30-10-8-20-42(52)32-34-54(56)58-50-28-14-26-48(38-50)46-24-12-22-44(36-46)40-17-5-2-6-18-40/h1-38,57-58H. The Morgan fingerprint density at radius 2 is 0.552 bits per heavy atom. The number of fused-ring (bicyclic) bond motifs is 2. The van der Waals surface area contributed by atoms with Gasteiger partial charge in [-0.25, -0.2) is 0 Å². The molecule has 0 unspecified atom stereocenters. The van der Waals surface area contributed by atoms with Crippen LogP contribution in [0.15, 0.2) is 231 Å². The fraction of sp³-hybridized carbons (Fsp3) is 0. The minimum Gasteiger partial charge on any atom is -0.355 e. The lowest BCUT2D eigenvalue weighted by atomic mass is 9.90. The molecule has 0 saturated heterocycles. The molecular formula is C56H40N2. The SMILES string of the molecule is c1ccc(-c2cccc(-c3cccc(Nc4ccc5ccccc5c4-c4c(Nc5cccc(-c6cccc(-c7ccccc7)c6)c5)ccc5ccccc45)c3)c2)cc1. The third-order valence-corrected chi connectivity index (χ3v) is 11.0. The van der Waals surface area contributed by atoms with Gasteiger partial charge < -0.3 is 10.6 Å². The number of nitrogens with one attached hydrogen (secondary N) is 2. The summed E-state index contributed by atoms with van der Waals surface area (Å²) >= 11 is 0. The average molecular weight is 741 g/mol. The van der Waals surface area contributed by atoms with Crippen molar-refractivity contribution < 1.29 is 0 Å². The first-order valence-corrected chi connectivity index (χ1v) is 19.8.